The zero-order valence-electron chi connectivity index (χ0n) is 16.6. The Hall–Kier alpha value is -3.88. The second-order valence-electron chi connectivity index (χ2n) is 8.19. The molecule has 1 aliphatic carbocycles. The van der Waals surface area contributed by atoms with Crippen LogP contribution in [0.5, 0.6) is 0 Å². The van der Waals surface area contributed by atoms with E-state index in [-0.39, 0.29) is 17.5 Å². The lowest BCUT2D eigenvalue weighted by molar-refractivity contribution is -0.119. The SMILES string of the molecule is CC1(c2ccc(F)cc2)C(=O)Nc2nc(-c3cn4ccnc4c(C4CC4)n3)nc(N)c21. The van der Waals surface area contributed by atoms with Crippen LogP contribution in [0.1, 0.15) is 42.5 Å². The Balaban J connectivity index is 1.51. The summed E-state index contributed by atoms with van der Waals surface area (Å²) in [5, 5.41) is 2.82. The molecule has 4 heterocycles. The molecule has 6 rings (SSSR count). The Kier molecular flexibility index (Phi) is 3.51. The third-order valence-corrected chi connectivity index (χ3v) is 6.14. The van der Waals surface area contributed by atoms with Crippen molar-refractivity contribution >= 4 is 23.2 Å². The lowest BCUT2D eigenvalue weighted by Crippen LogP contribution is -2.33. The highest BCUT2D eigenvalue weighted by Gasteiger charge is 2.47. The molecule has 0 radical (unpaired) electrons. The molecule has 1 aromatic carbocycles. The minimum Gasteiger partial charge on any atom is -0.383 e. The van der Waals surface area contributed by atoms with E-state index < -0.39 is 5.41 Å². The molecule has 0 bridgehead atoms. The number of aromatic nitrogens is 5. The number of nitrogens with two attached hydrogens (primary N) is 1. The first-order valence-electron chi connectivity index (χ1n) is 10.0. The van der Waals surface area contributed by atoms with Crippen LogP contribution in [0.4, 0.5) is 16.0 Å². The molecule has 9 heteroatoms. The van der Waals surface area contributed by atoms with Crippen molar-refractivity contribution in [3.05, 3.63) is 65.5 Å². The van der Waals surface area contributed by atoms with Crippen molar-refractivity contribution in [3.63, 3.8) is 0 Å². The zero-order chi connectivity index (χ0) is 21.3. The van der Waals surface area contributed by atoms with Gasteiger partial charge in [0.25, 0.3) is 0 Å². The van der Waals surface area contributed by atoms with Crippen LogP contribution in [0.2, 0.25) is 0 Å². The van der Waals surface area contributed by atoms with Crippen LogP contribution in [-0.2, 0) is 10.2 Å². The van der Waals surface area contributed by atoms with Gasteiger partial charge in [-0.05, 0) is 37.5 Å². The molecular weight excluding hydrogens is 397 g/mol. The van der Waals surface area contributed by atoms with E-state index in [0.717, 1.165) is 24.2 Å². The maximum Gasteiger partial charge on any atom is 0.240 e. The number of fused-ring (bicyclic) bond motifs is 2. The van der Waals surface area contributed by atoms with Gasteiger partial charge in [-0.2, -0.15) is 0 Å². The number of anilines is 2. The average molecular weight is 415 g/mol. The number of carbonyl (C=O) groups is 1. The van der Waals surface area contributed by atoms with Gasteiger partial charge in [-0.25, -0.2) is 24.3 Å². The van der Waals surface area contributed by atoms with E-state index >= 15 is 0 Å². The molecular formula is C22H18FN7O. The first-order chi connectivity index (χ1) is 14.9. The van der Waals surface area contributed by atoms with Crippen LogP contribution in [0.3, 0.4) is 0 Å². The highest BCUT2D eigenvalue weighted by Crippen LogP contribution is 2.45. The molecule has 3 N–H and O–H groups in total. The number of rotatable bonds is 3. The van der Waals surface area contributed by atoms with Crippen LogP contribution < -0.4 is 11.1 Å². The Morgan fingerprint density at radius 3 is 2.71 bits per heavy atom. The standard InChI is InChI=1S/C22H18FN7O/c1-22(12-4-6-13(23)7-5-12)15-17(24)27-18(28-19(15)29-21(22)31)14-10-30-9-8-25-20(30)16(26-14)11-2-3-11/h4-11H,2-3H2,1H3,(H3,24,27,28,29,31). The van der Waals surface area contributed by atoms with E-state index in [0.29, 0.717) is 34.4 Å². The number of amides is 1. The summed E-state index contributed by atoms with van der Waals surface area (Å²) < 4.78 is 15.3. The third kappa shape index (κ3) is 2.56. The number of nitrogens with one attached hydrogen (secondary N) is 1. The second-order valence-corrected chi connectivity index (χ2v) is 8.19. The summed E-state index contributed by atoms with van der Waals surface area (Å²) in [7, 11) is 0. The summed E-state index contributed by atoms with van der Waals surface area (Å²) in [6.07, 6.45) is 7.57. The lowest BCUT2D eigenvalue weighted by Gasteiger charge is -2.23. The molecule has 1 saturated carbocycles. The van der Waals surface area contributed by atoms with Crippen LogP contribution in [0, 0.1) is 5.82 Å². The van der Waals surface area contributed by atoms with Crippen LogP contribution in [-0.4, -0.2) is 30.2 Å². The fraction of sp³-hybridized carbons (Fsp3) is 0.227. The Morgan fingerprint density at radius 1 is 1.19 bits per heavy atom. The number of nitrogen functional groups attached to an aromatic ring is 1. The Bertz CT molecular complexity index is 1380. The van der Waals surface area contributed by atoms with Crippen molar-refractivity contribution in [3.8, 4) is 11.5 Å². The number of benzene rings is 1. The largest absolute Gasteiger partial charge is 0.383 e. The van der Waals surface area contributed by atoms with Crippen LogP contribution >= 0.6 is 0 Å². The van der Waals surface area contributed by atoms with Gasteiger partial charge in [0.1, 0.15) is 28.6 Å². The van der Waals surface area contributed by atoms with Gasteiger partial charge in [-0.3, -0.25) is 4.79 Å². The van der Waals surface area contributed by atoms with Gasteiger partial charge in [0.2, 0.25) is 5.91 Å². The minimum absolute atomic E-state index is 0.186. The molecule has 3 aromatic heterocycles. The van der Waals surface area contributed by atoms with Crippen LogP contribution in [0.25, 0.3) is 17.2 Å². The van der Waals surface area contributed by atoms with E-state index in [1.165, 1.54) is 12.1 Å². The van der Waals surface area contributed by atoms with Gasteiger partial charge >= 0.3 is 0 Å². The van der Waals surface area contributed by atoms with E-state index in [4.69, 9.17) is 10.7 Å². The fourth-order valence-electron chi connectivity index (χ4n) is 4.28. The molecule has 0 spiro atoms. The predicted octanol–water partition coefficient (Wildman–Crippen LogP) is 3.04. The van der Waals surface area contributed by atoms with Crippen molar-refractivity contribution in [2.75, 3.05) is 11.1 Å². The van der Waals surface area contributed by atoms with Gasteiger partial charge in [-0.15, -0.1) is 0 Å². The summed E-state index contributed by atoms with van der Waals surface area (Å²) in [5.74, 6) is 0.586. The summed E-state index contributed by atoms with van der Waals surface area (Å²) in [6.45, 7) is 1.74. The number of halogens is 1. The van der Waals surface area contributed by atoms with E-state index in [1.807, 2.05) is 16.8 Å². The number of nitrogens with zero attached hydrogens (tertiary/aromatic N) is 5. The van der Waals surface area contributed by atoms with Gasteiger partial charge in [0.05, 0.1) is 11.3 Å². The molecule has 4 aromatic rings. The summed E-state index contributed by atoms with van der Waals surface area (Å²) in [5.41, 5.74) is 8.65. The molecule has 154 valence electrons. The van der Waals surface area contributed by atoms with Crippen molar-refractivity contribution in [1.82, 2.24) is 24.3 Å². The van der Waals surface area contributed by atoms with Crippen molar-refractivity contribution in [2.45, 2.75) is 31.1 Å². The van der Waals surface area contributed by atoms with Gasteiger partial charge in [0, 0.05) is 24.5 Å². The highest BCUT2D eigenvalue weighted by atomic mass is 19.1. The first-order valence-corrected chi connectivity index (χ1v) is 10.0. The smallest absolute Gasteiger partial charge is 0.240 e. The average Bonchev–Trinajstić information content (AvgIpc) is 3.42. The summed E-state index contributed by atoms with van der Waals surface area (Å²) in [4.78, 5) is 31.3. The van der Waals surface area contributed by atoms with Crippen molar-refractivity contribution in [1.29, 1.82) is 0 Å². The molecule has 8 nitrogen and oxygen atoms in total. The summed E-state index contributed by atoms with van der Waals surface area (Å²) >= 11 is 0. The predicted molar refractivity (Wildman–Crippen MR) is 112 cm³/mol. The van der Waals surface area contributed by atoms with E-state index in [1.54, 1.807) is 25.3 Å². The fourth-order valence-corrected chi connectivity index (χ4v) is 4.28. The lowest BCUT2D eigenvalue weighted by atomic mass is 9.78. The minimum atomic E-state index is -1.12. The van der Waals surface area contributed by atoms with Crippen molar-refractivity contribution in [2.24, 2.45) is 0 Å². The first kappa shape index (κ1) is 17.9. The van der Waals surface area contributed by atoms with Gasteiger partial charge in [0.15, 0.2) is 11.5 Å². The maximum absolute atomic E-state index is 13.4. The highest BCUT2D eigenvalue weighted by molar-refractivity contribution is 6.09. The molecule has 1 aliphatic heterocycles. The number of carbonyl (C=O) groups excluding carboxylic acids is 1. The second kappa shape index (κ2) is 6.07. The topological polar surface area (TPSA) is 111 Å². The Morgan fingerprint density at radius 2 is 1.97 bits per heavy atom. The van der Waals surface area contributed by atoms with E-state index in [9.17, 15) is 9.18 Å². The number of imidazole rings is 1. The molecule has 1 fully saturated rings. The Labute approximate surface area is 176 Å². The van der Waals surface area contributed by atoms with Crippen LogP contribution in [0.15, 0.2) is 42.9 Å². The number of hydrogen-bond donors (Lipinski definition) is 2. The monoisotopic (exact) mass is 415 g/mol. The molecule has 1 unspecified atom stereocenters. The van der Waals surface area contributed by atoms with Crippen molar-refractivity contribution < 1.29 is 9.18 Å². The van der Waals surface area contributed by atoms with E-state index in [2.05, 4.69) is 20.3 Å². The molecule has 1 atom stereocenters. The third-order valence-electron chi connectivity index (χ3n) is 6.14. The molecule has 31 heavy (non-hydrogen) atoms. The maximum atomic E-state index is 13.4. The molecule has 1 amide bonds. The molecule has 0 saturated heterocycles. The zero-order valence-corrected chi connectivity index (χ0v) is 16.6. The molecule has 2 aliphatic rings. The quantitative estimate of drug-likeness (QED) is 0.532. The van der Waals surface area contributed by atoms with Gasteiger partial charge in [-0.1, -0.05) is 12.1 Å². The number of hydrogen-bond acceptors (Lipinski definition) is 6. The summed E-state index contributed by atoms with van der Waals surface area (Å²) in [6, 6.07) is 5.80. The van der Waals surface area contributed by atoms with Gasteiger partial charge < -0.3 is 15.5 Å². The normalized spacial score (nSPS) is 20.1.